The van der Waals surface area contributed by atoms with Crippen LogP contribution >= 0.6 is 39.1 Å². The molecule has 20 heavy (non-hydrogen) atoms. The molecule has 1 heterocycles. The molecule has 0 aliphatic carbocycles. The first kappa shape index (κ1) is 15.2. The lowest BCUT2D eigenvalue weighted by Crippen LogP contribution is -2.16. The highest BCUT2D eigenvalue weighted by molar-refractivity contribution is 9.10. The molecule has 8 heteroatoms. The molecule has 0 saturated heterocycles. The average Bonchev–Trinajstić information content (AvgIpc) is 2.32. The highest BCUT2D eigenvalue weighted by Gasteiger charge is 2.16. The molecule has 0 spiro atoms. The molecule has 0 saturated carbocycles. The molecule has 104 valence electrons. The van der Waals surface area contributed by atoms with Gasteiger partial charge in [-0.2, -0.15) is 0 Å². The normalized spacial score (nSPS) is 10.4. The van der Waals surface area contributed by atoms with E-state index in [-0.39, 0.29) is 20.3 Å². The third-order valence-corrected chi connectivity index (χ3v) is 3.11. The van der Waals surface area contributed by atoms with Gasteiger partial charge in [-0.25, -0.2) is 13.8 Å². The summed E-state index contributed by atoms with van der Waals surface area (Å²) < 4.78 is 27.4. The minimum Gasteiger partial charge on any atom is -0.316 e. The van der Waals surface area contributed by atoms with Crippen molar-refractivity contribution in [3.05, 3.63) is 56.2 Å². The van der Waals surface area contributed by atoms with E-state index in [4.69, 9.17) is 23.2 Å². The first-order valence-corrected chi connectivity index (χ1v) is 6.70. The van der Waals surface area contributed by atoms with E-state index in [0.717, 1.165) is 12.1 Å². The Bertz CT molecular complexity index is 654. The number of pyridine rings is 1. The summed E-state index contributed by atoms with van der Waals surface area (Å²) in [5.74, 6) is -2.66. The van der Waals surface area contributed by atoms with E-state index in [1.807, 2.05) is 0 Å². The van der Waals surface area contributed by atoms with Crippen molar-refractivity contribution in [2.45, 2.75) is 0 Å². The van der Waals surface area contributed by atoms with Crippen LogP contribution < -0.4 is 5.32 Å². The zero-order valence-electron chi connectivity index (χ0n) is 9.55. The first-order chi connectivity index (χ1) is 9.36. The van der Waals surface area contributed by atoms with Gasteiger partial charge in [0.1, 0.15) is 16.5 Å². The number of aromatic nitrogens is 1. The summed E-state index contributed by atoms with van der Waals surface area (Å²) >= 11 is 14.3. The Balaban J connectivity index is 2.32. The third-order valence-electron chi connectivity index (χ3n) is 2.24. The van der Waals surface area contributed by atoms with Crippen LogP contribution in [0.4, 0.5) is 14.5 Å². The number of benzene rings is 1. The third kappa shape index (κ3) is 3.45. The molecular formula is C12H5BrCl2F2N2O. The van der Waals surface area contributed by atoms with Gasteiger partial charge < -0.3 is 5.32 Å². The van der Waals surface area contributed by atoms with Crippen LogP contribution in [-0.2, 0) is 0 Å². The standard InChI is InChI=1S/C12H5BrCl2F2N2O/c13-5-1-7(16)11(8(17)2-5)19-12(20)9-3-6(14)4-10(15)18-9/h1-4H,(H,19,20). The topological polar surface area (TPSA) is 42.0 Å². The van der Waals surface area contributed by atoms with Crippen LogP contribution in [0, 0.1) is 11.6 Å². The Morgan fingerprint density at radius 1 is 1.15 bits per heavy atom. The number of nitrogens with zero attached hydrogens (tertiary/aromatic N) is 1. The van der Waals surface area contributed by atoms with Crippen molar-refractivity contribution < 1.29 is 13.6 Å². The number of amides is 1. The molecule has 2 rings (SSSR count). The molecule has 0 radical (unpaired) electrons. The molecule has 0 atom stereocenters. The summed E-state index contributed by atoms with van der Waals surface area (Å²) in [4.78, 5) is 15.6. The molecule has 2 aromatic rings. The molecule has 0 unspecified atom stereocenters. The lowest BCUT2D eigenvalue weighted by Gasteiger charge is -2.08. The molecule has 1 aromatic heterocycles. The monoisotopic (exact) mass is 380 g/mol. The number of nitrogens with one attached hydrogen (secondary N) is 1. The number of hydrogen-bond donors (Lipinski definition) is 1. The number of hydrogen-bond acceptors (Lipinski definition) is 2. The van der Waals surface area contributed by atoms with Crippen molar-refractivity contribution in [1.82, 2.24) is 4.98 Å². The van der Waals surface area contributed by atoms with Gasteiger partial charge in [-0.1, -0.05) is 39.1 Å². The van der Waals surface area contributed by atoms with Crippen LogP contribution in [0.2, 0.25) is 10.2 Å². The summed E-state index contributed by atoms with van der Waals surface area (Å²) in [6.07, 6.45) is 0. The fraction of sp³-hybridized carbons (Fsp3) is 0. The predicted molar refractivity (Wildman–Crippen MR) is 76.3 cm³/mol. The Labute approximate surface area is 131 Å². The second-order valence-corrected chi connectivity index (χ2v) is 5.43. The zero-order chi connectivity index (χ0) is 14.9. The smallest absolute Gasteiger partial charge is 0.274 e. The van der Waals surface area contributed by atoms with Gasteiger partial charge in [-0.3, -0.25) is 4.79 Å². The number of anilines is 1. The van der Waals surface area contributed by atoms with E-state index in [2.05, 4.69) is 26.2 Å². The van der Waals surface area contributed by atoms with E-state index in [1.165, 1.54) is 12.1 Å². The van der Waals surface area contributed by atoms with Gasteiger partial charge in [0.05, 0.1) is 0 Å². The molecule has 0 aliphatic rings. The van der Waals surface area contributed by atoms with Crippen molar-refractivity contribution in [3.8, 4) is 0 Å². The van der Waals surface area contributed by atoms with E-state index in [1.54, 1.807) is 0 Å². The van der Waals surface area contributed by atoms with E-state index in [0.29, 0.717) is 0 Å². The van der Waals surface area contributed by atoms with E-state index < -0.39 is 23.2 Å². The Morgan fingerprint density at radius 3 is 2.30 bits per heavy atom. The van der Waals surface area contributed by atoms with Crippen molar-refractivity contribution in [2.24, 2.45) is 0 Å². The van der Waals surface area contributed by atoms with Crippen LogP contribution in [0.3, 0.4) is 0 Å². The van der Waals surface area contributed by atoms with Crippen LogP contribution in [0.1, 0.15) is 10.5 Å². The molecule has 0 fully saturated rings. The van der Waals surface area contributed by atoms with Crippen LogP contribution in [0.5, 0.6) is 0 Å². The Hall–Kier alpha value is -1.24. The van der Waals surface area contributed by atoms with Gasteiger partial charge in [-0.15, -0.1) is 0 Å². The van der Waals surface area contributed by atoms with Crippen molar-refractivity contribution in [3.63, 3.8) is 0 Å². The summed E-state index contributed by atoms with van der Waals surface area (Å²) in [5, 5.41) is 2.27. The molecule has 1 aromatic carbocycles. The van der Waals surface area contributed by atoms with Gasteiger partial charge in [-0.05, 0) is 24.3 Å². The highest BCUT2D eigenvalue weighted by Crippen LogP contribution is 2.24. The van der Waals surface area contributed by atoms with E-state index in [9.17, 15) is 13.6 Å². The summed E-state index contributed by atoms with van der Waals surface area (Å²) in [6.45, 7) is 0. The van der Waals surface area contributed by atoms with Gasteiger partial charge in [0.25, 0.3) is 5.91 Å². The number of rotatable bonds is 2. The van der Waals surface area contributed by atoms with Crippen molar-refractivity contribution in [1.29, 1.82) is 0 Å². The number of carbonyl (C=O) groups excluding carboxylic acids is 1. The maximum atomic E-state index is 13.6. The van der Waals surface area contributed by atoms with Gasteiger partial charge in [0.15, 0.2) is 11.6 Å². The second-order valence-electron chi connectivity index (χ2n) is 3.69. The zero-order valence-corrected chi connectivity index (χ0v) is 12.7. The summed E-state index contributed by atoms with van der Waals surface area (Å²) in [6, 6.07) is 4.62. The first-order valence-electron chi connectivity index (χ1n) is 5.16. The average molecular weight is 382 g/mol. The van der Waals surface area contributed by atoms with Gasteiger partial charge >= 0.3 is 0 Å². The SMILES string of the molecule is O=C(Nc1c(F)cc(Br)cc1F)c1cc(Cl)cc(Cl)n1. The van der Waals surface area contributed by atoms with Crippen molar-refractivity contribution in [2.75, 3.05) is 5.32 Å². The minimum absolute atomic E-state index is 0.000556. The van der Waals surface area contributed by atoms with Crippen molar-refractivity contribution >= 4 is 50.7 Å². The largest absolute Gasteiger partial charge is 0.316 e. The Kier molecular flexibility index (Phi) is 4.57. The Morgan fingerprint density at radius 2 is 1.75 bits per heavy atom. The lowest BCUT2D eigenvalue weighted by molar-refractivity contribution is 0.102. The molecular weight excluding hydrogens is 377 g/mol. The van der Waals surface area contributed by atoms with Crippen LogP contribution in [0.25, 0.3) is 0 Å². The number of carbonyl (C=O) groups is 1. The maximum absolute atomic E-state index is 13.6. The quantitative estimate of drug-likeness (QED) is 0.767. The summed E-state index contributed by atoms with van der Waals surface area (Å²) in [5.41, 5.74) is -0.722. The molecule has 1 amide bonds. The summed E-state index contributed by atoms with van der Waals surface area (Å²) in [7, 11) is 0. The molecule has 0 bridgehead atoms. The predicted octanol–water partition coefficient (Wildman–Crippen LogP) is 4.68. The highest BCUT2D eigenvalue weighted by atomic mass is 79.9. The minimum atomic E-state index is -0.918. The maximum Gasteiger partial charge on any atom is 0.274 e. The second kappa shape index (κ2) is 6.03. The van der Waals surface area contributed by atoms with Crippen LogP contribution in [0.15, 0.2) is 28.7 Å². The fourth-order valence-corrected chi connectivity index (χ4v) is 2.29. The van der Waals surface area contributed by atoms with Gasteiger partial charge in [0.2, 0.25) is 0 Å². The lowest BCUT2D eigenvalue weighted by atomic mass is 10.2. The van der Waals surface area contributed by atoms with E-state index >= 15 is 0 Å². The molecule has 0 aliphatic heterocycles. The number of halogens is 5. The molecule has 1 N–H and O–H groups in total. The van der Waals surface area contributed by atoms with Gasteiger partial charge in [0, 0.05) is 9.50 Å². The molecule has 3 nitrogen and oxygen atoms in total. The fourth-order valence-electron chi connectivity index (χ4n) is 1.42. The van der Waals surface area contributed by atoms with Crippen LogP contribution in [-0.4, -0.2) is 10.9 Å².